The Labute approximate surface area is 108 Å². The molecule has 3 nitrogen and oxygen atoms in total. The highest BCUT2D eigenvalue weighted by molar-refractivity contribution is 5.76. The minimum absolute atomic E-state index is 0.0987. The molecule has 1 atom stereocenters. The van der Waals surface area contributed by atoms with Crippen LogP contribution in [-0.4, -0.2) is 18.1 Å². The van der Waals surface area contributed by atoms with Crippen molar-refractivity contribution in [2.24, 2.45) is 5.73 Å². The monoisotopic (exact) mass is 247 g/mol. The Morgan fingerprint density at radius 1 is 1.33 bits per heavy atom. The number of rotatable bonds is 4. The van der Waals surface area contributed by atoms with Gasteiger partial charge in [0.05, 0.1) is 0 Å². The lowest BCUT2D eigenvalue weighted by molar-refractivity contribution is -0.150. The smallest absolute Gasteiger partial charge is 0.323 e. The van der Waals surface area contributed by atoms with Crippen LogP contribution in [0, 0.1) is 6.92 Å². The van der Waals surface area contributed by atoms with Crippen LogP contribution in [0.4, 0.5) is 0 Å². The molecule has 18 heavy (non-hydrogen) atoms. The number of ether oxygens (including phenoxy) is 1. The normalized spacial score (nSPS) is 17.7. The highest BCUT2D eigenvalue weighted by atomic mass is 16.5. The van der Waals surface area contributed by atoms with Gasteiger partial charge in [-0.2, -0.15) is 0 Å². The Morgan fingerprint density at radius 2 is 1.94 bits per heavy atom. The van der Waals surface area contributed by atoms with Gasteiger partial charge in [0.2, 0.25) is 0 Å². The molecule has 0 heterocycles. The van der Waals surface area contributed by atoms with Gasteiger partial charge in [-0.25, -0.2) is 0 Å². The molecule has 1 aromatic carbocycles. The first-order chi connectivity index (χ1) is 8.65. The van der Waals surface area contributed by atoms with E-state index in [0.29, 0.717) is 6.42 Å². The lowest BCUT2D eigenvalue weighted by atomic mass is 10.1. The first kappa shape index (κ1) is 13.1. The lowest BCUT2D eigenvalue weighted by Crippen LogP contribution is -2.36. The Balaban J connectivity index is 1.84. The van der Waals surface area contributed by atoms with E-state index in [1.54, 1.807) is 0 Å². The van der Waals surface area contributed by atoms with Crippen LogP contribution in [-0.2, 0) is 16.0 Å². The van der Waals surface area contributed by atoms with Crippen molar-refractivity contribution in [1.82, 2.24) is 0 Å². The molecule has 0 amide bonds. The molecule has 1 aliphatic carbocycles. The van der Waals surface area contributed by atoms with E-state index < -0.39 is 6.04 Å². The van der Waals surface area contributed by atoms with Crippen molar-refractivity contribution >= 4 is 5.97 Å². The molecule has 3 heteroatoms. The number of hydrogen-bond donors (Lipinski definition) is 1. The second kappa shape index (κ2) is 6.01. The van der Waals surface area contributed by atoms with Crippen LogP contribution >= 0.6 is 0 Å². The summed E-state index contributed by atoms with van der Waals surface area (Å²) in [5, 5.41) is 0. The van der Waals surface area contributed by atoms with Crippen molar-refractivity contribution in [3.8, 4) is 0 Å². The predicted molar refractivity (Wildman–Crippen MR) is 71.2 cm³/mol. The third-order valence-corrected chi connectivity index (χ3v) is 3.46. The highest BCUT2D eigenvalue weighted by Crippen LogP contribution is 2.21. The predicted octanol–water partition coefficient (Wildman–Crippen LogP) is 2.35. The summed E-state index contributed by atoms with van der Waals surface area (Å²) in [6, 6.07) is 7.54. The van der Waals surface area contributed by atoms with Gasteiger partial charge >= 0.3 is 5.97 Å². The number of aryl methyl sites for hydroxylation is 1. The van der Waals surface area contributed by atoms with Gasteiger partial charge < -0.3 is 10.5 Å². The van der Waals surface area contributed by atoms with Crippen molar-refractivity contribution in [2.75, 3.05) is 0 Å². The molecule has 0 spiro atoms. The van der Waals surface area contributed by atoms with Crippen molar-refractivity contribution in [1.29, 1.82) is 0 Å². The minimum atomic E-state index is -0.548. The summed E-state index contributed by atoms with van der Waals surface area (Å²) in [4.78, 5) is 11.8. The highest BCUT2D eigenvalue weighted by Gasteiger charge is 2.23. The average molecular weight is 247 g/mol. The van der Waals surface area contributed by atoms with Crippen LogP contribution in [0.5, 0.6) is 0 Å². The zero-order valence-corrected chi connectivity index (χ0v) is 10.9. The molecule has 0 saturated heterocycles. The van der Waals surface area contributed by atoms with E-state index >= 15 is 0 Å². The van der Waals surface area contributed by atoms with Crippen LogP contribution in [0.1, 0.15) is 36.8 Å². The summed E-state index contributed by atoms with van der Waals surface area (Å²) in [5.74, 6) is -0.262. The van der Waals surface area contributed by atoms with E-state index in [0.717, 1.165) is 31.2 Å². The molecule has 2 rings (SSSR count). The second-order valence-corrected chi connectivity index (χ2v) is 5.14. The molecular formula is C15H21NO2. The topological polar surface area (TPSA) is 52.3 Å². The van der Waals surface area contributed by atoms with Gasteiger partial charge in [-0.1, -0.05) is 29.8 Å². The summed E-state index contributed by atoms with van der Waals surface area (Å²) >= 11 is 0. The fraction of sp³-hybridized carbons (Fsp3) is 0.533. The molecule has 98 valence electrons. The second-order valence-electron chi connectivity index (χ2n) is 5.14. The summed E-state index contributed by atoms with van der Waals surface area (Å²) < 4.78 is 5.41. The minimum Gasteiger partial charge on any atom is -0.461 e. The lowest BCUT2D eigenvalue weighted by Gasteiger charge is -2.15. The summed E-state index contributed by atoms with van der Waals surface area (Å²) in [6.45, 7) is 2.04. The van der Waals surface area contributed by atoms with Gasteiger partial charge in [0, 0.05) is 0 Å². The molecule has 0 radical (unpaired) electrons. The third kappa shape index (κ3) is 3.57. The fourth-order valence-electron chi connectivity index (χ4n) is 2.32. The van der Waals surface area contributed by atoms with E-state index in [1.165, 1.54) is 5.56 Å². The SMILES string of the molecule is Cc1ccc(CC(N)C(=O)OC2CCCC2)cc1. The molecule has 1 aliphatic rings. The van der Waals surface area contributed by atoms with Crippen molar-refractivity contribution in [3.63, 3.8) is 0 Å². The van der Waals surface area contributed by atoms with Gasteiger partial charge in [-0.15, -0.1) is 0 Å². The molecule has 2 N–H and O–H groups in total. The number of hydrogen-bond acceptors (Lipinski definition) is 3. The average Bonchev–Trinajstić information content (AvgIpc) is 2.85. The fourth-order valence-corrected chi connectivity index (χ4v) is 2.32. The largest absolute Gasteiger partial charge is 0.461 e. The number of carbonyl (C=O) groups excluding carboxylic acids is 1. The maximum atomic E-state index is 11.8. The van der Waals surface area contributed by atoms with Crippen molar-refractivity contribution < 1.29 is 9.53 Å². The van der Waals surface area contributed by atoms with Crippen LogP contribution in [0.2, 0.25) is 0 Å². The van der Waals surface area contributed by atoms with Crippen LogP contribution in [0.25, 0.3) is 0 Å². The van der Waals surface area contributed by atoms with E-state index in [9.17, 15) is 4.79 Å². The first-order valence-electron chi connectivity index (χ1n) is 6.67. The summed E-state index contributed by atoms with van der Waals surface area (Å²) in [7, 11) is 0. The number of carbonyl (C=O) groups is 1. The zero-order valence-electron chi connectivity index (χ0n) is 10.9. The Bertz CT molecular complexity index is 393. The quantitative estimate of drug-likeness (QED) is 0.831. The number of benzene rings is 1. The molecule has 1 fully saturated rings. The van der Waals surface area contributed by atoms with Crippen LogP contribution < -0.4 is 5.73 Å². The van der Waals surface area contributed by atoms with Crippen LogP contribution in [0.15, 0.2) is 24.3 Å². The van der Waals surface area contributed by atoms with Gasteiger partial charge in [0.15, 0.2) is 0 Å². The van der Waals surface area contributed by atoms with E-state index in [2.05, 4.69) is 0 Å². The van der Waals surface area contributed by atoms with Gasteiger partial charge in [-0.3, -0.25) is 4.79 Å². The first-order valence-corrected chi connectivity index (χ1v) is 6.67. The molecule has 0 aromatic heterocycles. The van der Waals surface area contributed by atoms with Gasteiger partial charge in [0.1, 0.15) is 12.1 Å². The molecule has 1 aromatic rings. The Hall–Kier alpha value is -1.35. The number of nitrogens with two attached hydrogens (primary N) is 1. The molecule has 1 unspecified atom stereocenters. The molecule has 1 saturated carbocycles. The maximum Gasteiger partial charge on any atom is 0.323 e. The van der Waals surface area contributed by atoms with Gasteiger partial charge in [0.25, 0.3) is 0 Å². The number of esters is 1. The molecular weight excluding hydrogens is 226 g/mol. The summed E-state index contributed by atoms with van der Waals surface area (Å²) in [5.41, 5.74) is 8.18. The van der Waals surface area contributed by atoms with Crippen molar-refractivity contribution in [3.05, 3.63) is 35.4 Å². The Morgan fingerprint density at radius 3 is 2.56 bits per heavy atom. The van der Waals surface area contributed by atoms with Gasteiger partial charge in [-0.05, 0) is 44.6 Å². The van der Waals surface area contributed by atoms with Crippen LogP contribution in [0.3, 0.4) is 0 Å². The van der Waals surface area contributed by atoms with E-state index in [1.807, 2.05) is 31.2 Å². The standard InChI is InChI=1S/C15H21NO2/c1-11-6-8-12(9-7-11)10-14(16)15(17)18-13-4-2-3-5-13/h6-9,13-14H,2-5,10,16H2,1H3. The molecule has 0 bridgehead atoms. The maximum absolute atomic E-state index is 11.8. The Kier molecular flexibility index (Phi) is 4.37. The van der Waals surface area contributed by atoms with E-state index in [-0.39, 0.29) is 12.1 Å². The van der Waals surface area contributed by atoms with Crippen molar-refractivity contribution in [2.45, 2.75) is 51.2 Å². The summed E-state index contributed by atoms with van der Waals surface area (Å²) in [6.07, 6.45) is 4.94. The molecule has 0 aliphatic heterocycles. The van der Waals surface area contributed by atoms with E-state index in [4.69, 9.17) is 10.5 Å². The zero-order chi connectivity index (χ0) is 13.0. The third-order valence-electron chi connectivity index (χ3n) is 3.46.